The zero-order valence-electron chi connectivity index (χ0n) is 11.7. The average Bonchev–Trinajstić information content (AvgIpc) is 2.91. The molecule has 0 saturated heterocycles. The van der Waals surface area contributed by atoms with Gasteiger partial charge in [-0.15, -0.1) is 11.3 Å². The minimum Gasteiger partial charge on any atom is -0.305 e. The van der Waals surface area contributed by atoms with Crippen LogP contribution in [0.4, 0.5) is 10.2 Å². The number of carbonyl (C=O) groups excluding carboxylic acids is 1. The van der Waals surface area contributed by atoms with E-state index >= 15 is 0 Å². The van der Waals surface area contributed by atoms with Crippen LogP contribution in [0.2, 0.25) is 0 Å². The number of aryl methyl sites for hydroxylation is 1. The second-order valence-corrected chi connectivity index (χ2v) is 5.79. The molecular weight excluding hydrogens is 301 g/mol. The minimum atomic E-state index is -0.331. The van der Waals surface area contributed by atoms with Gasteiger partial charge >= 0.3 is 0 Å². The maximum atomic E-state index is 13.1. The summed E-state index contributed by atoms with van der Waals surface area (Å²) in [5.74, 6) is -0.185. The summed E-state index contributed by atoms with van der Waals surface area (Å²) in [5, 5.41) is 3.48. The van der Waals surface area contributed by atoms with Crippen molar-refractivity contribution in [3.63, 3.8) is 0 Å². The van der Waals surface area contributed by atoms with Gasteiger partial charge in [-0.1, -0.05) is 18.2 Å². The first kappa shape index (κ1) is 14.3. The van der Waals surface area contributed by atoms with E-state index in [2.05, 4.69) is 15.3 Å². The van der Waals surface area contributed by atoms with Crippen LogP contribution in [0.25, 0.3) is 10.4 Å². The third-order valence-corrected chi connectivity index (χ3v) is 3.98. The molecule has 0 aliphatic carbocycles. The Morgan fingerprint density at radius 3 is 2.64 bits per heavy atom. The largest absolute Gasteiger partial charge is 0.305 e. The Bertz CT molecular complexity index is 800. The van der Waals surface area contributed by atoms with Crippen molar-refractivity contribution in [3.8, 4) is 10.4 Å². The molecule has 0 atom stereocenters. The fourth-order valence-electron chi connectivity index (χ4n) is 1.99. The molecule has 0 radical (unpaired) electrons. The van der Waals surface area contributed by atoms with Crippen molar-refractivity contribution in [3.05, 3.63) is 65.2 Å². The molecule has 22 heavy (non-hydrogen) atoms. The van der Waals surface area contributed by atoms with Crippen molar-refractivity contribution in [2.24, 2.45) is 0 Å². The van der Waals surface area contributed by atoms with Crippen LogP contribution in [0.3, 0.4) is 0 Å². The molecule has 0 bridgehead atoms. The van der Waals surface area contributed by atoms with Crippen LogP contribution in [0.5, 0.6) is 0 Å². The van der Waals surface area contributed by atoms with Crippen LogP contribution in [-0.4, -0.2) is 15.9 Å². The van der Waals surface area contributed by atoms with Gasteiger partial charge in [-0.3, -0.25) is 4.79 Å². The molecule has 0 saturated carbocycles. The van der Waals surface area contributed by atoms with Gasteiger partial charge in [0.2, 0.25) is 0 Å². The number of pyridine rings is 1. The number of hydrogen-bond donors (Lipinski definition) is 1. The first-order chi connectivity index (χ1) is 10.6. The fraction of sp³-hybridized carbons (Fsp3) is 0.0625. The Balaban J connectivity index is 1.94. The van der Waals surface area contributed by atoms with Gasteiger partial charge in [0.05, 0.1) is 9.88 Å². The molecule has 2 aromatic heterocycles. The average molecular weight is 313 g/mol. The van der Waals surface area contributed by atoms with Gasteiger partial charge < -0.3 is 5.32 Å². The first-order valence-electron chi connectivity index (χ1n) is 6.59. The second-order valence-electron chi connectivity index (χ2n) is 4.59. The van der Waals surface area contributed by atoms with Crippen LogP contribution >= 0.6 is 11.3 Å². The lowest BCUT2D eigenvalue weighted by molar-refractivity contribution is 0.102. The second kappa shape index (κ2) is 6.03. The summed E-state index contributed by atoms with van der Waals surface area (Å²) in [4.78, 5) is 21.5. The highest BCUT2D eigenvalue weighted by Gasteiger charge is 2.18. The number of rotatable bonds is 3. The predicted molar refractivity (Wildman–Crippen MR) is 84.4 cm³/mol. The number of amides is 1. The lowest BCUT2D eigenvalue weighted by atomic mass is 10.1. The lowest BCUT2D eigenvalue weighted by Gasteiger charge is -2.04. The van der Waals surface area contributed by atoms with Gasteiger partial charge in [-0.2, -0.15) is 0 Å². The molecule has 0 aliphatic rings. The van der Waals surface area contributed by atoms with E-state index in [1.54, 1.807) is 36.5 Å². The SMILES string of the molecule is Cc1nc(C(=O)Nc2ccccn2)c(-c2ccc(F)cc2)s1. The summed E-state index contributed by atoms with van der Waals surface area (Å²) >= 11 is 1.40. The number of nitrogens with zero attached hydrogens (tertiary/aromatic N) is 2. The number of carbonyl (C=O) groups is 1. The summed E-state index contributed by atoms with van der Waals surface area (Å²) in [7, 11) is 0. The van der Waals surface area contributed by atoms with Crippen molar-refractivity contribution in [2.45, 2.75) is 6.92 Å². The standard InChI is InChI=1S/C16H12FN3OS/c1-10-19-14(16(21)20-13-4-2-3-9-18-13)15(22-10)11-5-7-12(17)8-6-11/h2-9H,1H3,(H,18,20,21). The molecule has 4 nitrogen and oxygen atoms in total. The molecule has 1 amide bonds. The van der Waals surface area contributed by atoms with E-state index in [0.29, 0.717) is 16.4 Å². The van der Waals surface area contributed by atoms with E-state index < -0.39 is 0 Å². The molecule has 1 N–H and O–H groups in total. The zero-order chi connectivity index (χ0) is 15.5. The van der Waals surface area contributed by atoms with Crippen molar-refractivity contribution >= 4 is 23.1 Å². The summed E-state index contributed by atoms with van der Waals surface area (Å²) < 4.78 is 13.1. The van der Waals surface area contributed by atoms with Crippen molar-refractivity contribution in [2.75, 3.05) is 5.32 Å². The van der Waals surface area contributed by atoms with E-state index in [-0.39, 0.29) is 11.7 Å². The molecule has 0 unspecified atom stereocenters. The van der Waals surface area contributed by atoms with E-state index in [1.807, 2.05) is 6.92 Å². The van der Waals surface area contributed by atoms with Crippen LogP contribution in [0.15, 0.2) is 48.7 Å². The molecule has 1 aromatic carbocycles. The molecule has 6 heteroatoms. The third-order valence-electron chi connectivity index (χ3n) is 2.96. The summed E-state index contributed by atoms with van der Waals surface area (Å²) in [6.07, 6.45) is 1.60. The Kier molecular flexibility index (Phi) is 3.93. The maximum absolute atomic E-state index is 13.1. The van der Waals surface area contributed by atoms with Gasteiger partial charge in [0.1, 0.15) is 17.3 Å². The third kappa shape index (κ3) is 3.01. The molecular formula is C16H12FN3OS. The van der Waals surface area contributed by atoms with Gasteiger partial charge in [0.15, 0.2) is 0 Å². The topological polar surface area (TPSA) is 54.9 Å². The predicted octanol–water partition coefficient (Wildman–Crippen LogP) is 3.90. The molecule has 0 spiro atoms. The quantitative estimate of drug-likeness (QED) is 0.797. The van der Waals surface area contributed by atoms with E-state index in [0.717, 1.165) is 10.6 Å². The Morgan fingerprint density at radius 2 is 1.95 bits per heavy atom. The lowest BCUT2D eigenvalue weighted by Crippen LogP contribution is -2.14. The highest BCUT2D eigenvalue weighted by molar-refractivity contribution is 7.15. The Morgan fingerprint density at radius 1 is 1.18 bits per heavy atom. The molecule has 2 heterocycles. The van der Waals surface area contributed by atoms with Gasteiger partial charge in [-0.05, 0) is 36.8 Å². The monoisotopic (exact) mass is 313 g/mol. The number of thiazole rings is 1. The molecule has 3 aromatic rings. The van der Waals surface area contributed by atoms with E-state index in [9.17, 15) is 9.18 Å². The highest BCUT2D eigenvalue weighted by Crippen LogP contribution is 2.30. The van der Waals surface area contributed by atoms with Crippen molar-refractivity contribution < 1.29 is 9.18 Å². The summed E-state index contributed by atoms with van der Waals surface area (Å²) in [6.45, 7) is 1.83. The minimum absolute atomic E-state index is 0.315. The number of benzene rings is 1. The number of halogens is 1. The maximum Gasteiger partial charge on any atom is 0.276 e. The van der Waals surface area contributed by atoms with Crippen LogP contribution < -0.4 is 5.32 Å². The highest BCUT2D eigenvalue weighted by atomic mass is 32.1. The van der Waals surface area contributed by atoms with Crippen LogP contribution in [0, 0.1) is 12.7 Å². The first-order valence-corrected chi connectivity index (χ1v) is 7.41. The number of nitrogens with one attached hydrogen (secondary N) is 1. The number of aromatic nitrogens is 2. The van der Waals surface area contributed by atoms with Crippen molar-refractivity contribution in [1.82, 2.24) is 9.97 Å². The molecule has 0 aliphatic heterocycles. The normalized spacial score (nSPS) is 10.5. The molecule has 110 valence electrons. The van der Waals surface area contributed by atoms with E-state index in [1.165, 1.54) is 23.5 Å². The van der Waals surface area contributed by atoms with Crippen LogP contribution in [-0.2, 0) is 0 Å². The van der Waals surface area contributed by atoms with Gasteiger partial charge in [0, 0.05) is 6.20 Å². The Hall–Kier alpha value is -2.60. The number of anilines is 1. The van der Waals surface area contributed by atoms with Crippen molar-refractivity contribution in [1.29, 1.82) is 0 Å². The van der Waals surface area contributed by atoms with Gasteiger partial charge in [0.25, 0.3) is 5.91 Å². The van der Waals surface area contributed by atoms with Gasteiger partial charge in [-0.25, -0.2) is 14.4 Å². The Labute approximate surface area is 130 Å². The molecule has 0 fully saturated rings. The summed E-state index contributed by atoms with van der Waals surface area (Å²) in [5.41, 5.74) is 1.08. The summed E-state index contributed by atoms with van der Waals surface area (Å²) in [6, 6.07) is 11.3. The zero-order valence-corrected chi connectivity index (χ0v) is 12.5. The van der Waals surface area contributed by atoms with E-state index in [4.69, 9.17) is 0 Å². The number of hydrogen-bond acceptors (Lipinski definition) is 4. The fourth-order valence-corrected chi connectivity index (χ4v) is 2.91. The molecule has 3 rings (SSSR count). The smallest absolute Gasteiger partial charge is 0.276 e. The van der Waals surface area contributed by atoms with Crippen LogP contribution in [0.1, 0.15) is 15.5 Å².